The lowest BCUT2D eigenvalue weighted by atomic mass is 10.3. The molecule has 122 valence electrons. The highest BCUT2D eigenvalue weighted by atomic mass is 79.9. The zero-order valence-electron chi connectivity index (χ0n) is 11.7. The quantitative estimate of drug-likeness (QED) is 0.535. The molecule has 0 bridgehead atoms. The Morgan fingerprint density at radius 2 is 2.00 bits per heavy atom. The molecule has 0 saturated carbocycles. The molecule has 1 N–H and O–H groups in total. The summed E-state index contributed by atoms with van der Waals surface area (Å²) in [6.07, 6.45) is 1.37. The van der Waals surface area contributed by atoms with E-state index in [9.17, 15) is 4.79 Å². The molecular formula is C14H10BrCl3N2O3. The van der Waals surface area contributed by atoms with Crippen LogP contribution in [0.15, 0.2) is 32.2 Å². The van der Waals surface area contributed by atoms with Gasteiger partial charge in [-0.15, -0.1) is 0 Å². The van der Waals surface area contributed by atoms with Gasteiger partial charge in [0.25, 0.3) is 5.91 Å². The van der Waals surface area contributed by atoms with Crippen LogP contribution in [-0.4, -0.2) is 18.7 Å². The van der Waals surface area contributed by atoms with E-state index in [2.05, 4.69) is 26.5 Å². The first-order valence-corrected chi connectivity index (χ1v) is 8.14. The summed E-state index contributed by atoms with van der Waals surface area (Å²) in [5, 5.41) is 4.57. The smallest absolute Gasteiger partial charge is 0.277 e. The number of benzene rings is 1. The Hall–Kier alpha value is -1.21. The third-order valence-corrected chi connectivity index (χ3v) is 4.13. The number of carbonyl (C=O) groups excluding carboxylic acids is 1. The molecule has 0 aliphatic carbocycles. The fourth-order valence-electron chi connectivity index (χ4n) is 1.55. The standard InChI is InChI=1S/C14H10BrCl3N2O3/c1-7-10(15)4-9(23-7)5-19-20-13(21)6-22-14-11(17)2-8(16)3-12(14)18/h2-5H,6H2,1H3,(H,20,21)/b19-5-. The predicted octanol–water partition coefficient (Wildman–Crippen LogP) is 4.84. The number of hydrogen-bond acceptors (Lipinski definition) is 4. The van der Waals surface area contributed by atoms with Crippen LogP contribution in [0, 0.1) is 6.92 Å². The SMILES string of the molecule is Cc1oc(/C=N\NC(=O)COc2c(Cl)cc(Cl)cc2Cl)cc1Br. The van der Waals surface area contributed by atoms with Gasteiger partial charge in [-0.05, 0) is 35.0 Å². The highest BCUT2D eigenvalue weighted by Crippen LogP contribution is 2.35. The van der Waals surface area contributed by atoms with Crippen molar-refractivity contribution < 1.29 is 13.9 Å². The molecule has 1 heterocycles. The third kappa shape index (κ3) is 5.14. The van der Waals surface area contributed by atoms with Gasteiger partial charge in [-0.3, -0.25) is 4.79 Å². The summed E-state index contributed by atoms with van der Waals surface area (Å²) in [5.41, 5.74) is 2.30. The van der Waals surface area contributed by atoms with Crippen LogP contribution < -0.4 is 10.2 Å². The van der Waals surface area contributed by atoms with E-state index in [1.54, 1.807) is 13.0 Å². The summed E-state index contributed by atoms with van der Waals surface area (Å²) in [7, 11) is 0. The largest absolute Gasteiger partial charge is 0.481 e. The van der Waals surface area contributed by atoms with E-state index in [1.807, 2.05) is 0 Å². The highest BCUT2D eigenvalue weighted by Gasteiger charge is 2.11. The second-order valence-electron chi connectivity index (χ2n) is 4.33. The molecular weight excluding hydrogens is 430 g/mol. The molecule has 23 heavy (non-hydrogen) atoms. The normalized spacial score (nSPS) is 11.0. The molecule has 1 aromatic carbocycles. The minimum Gasteiger partial charge on any atom is -0.481 e. The molecule has 1 amide bonds. The molecule has 2 aromatic rings. The molecule has 2 rings (SSSR count). The first kappa shape index (κ1) is 18.1. The van der Waals surface area contributed by atoms with Gasteiger partial charge in [-0.2, -0.15) is 5.10 Å². The first-order valence-electron chi connectivity index (χ1n) is 6.22. The minimum atomic E-state index is -0.481. The molecule has 9 heteroatoms. The van der Waals surface area contributed by atoms with Gasteiger partial charge in [-0.1, -0.05) is 34.8 Å². The lowest BCUT2D eigenvalue weighted by molar-refractivity contribution is -0.123. The van der Waals surface area contributed by atoms with Crippen molar-refractivity contribution in [1.82, 2.24) is 5.43 Å². The number of rotatable bonds is 5. The molecule has 1 aromatic heterocycles. The number of nitrogens with zero attached hydrogens (tertiary/aromatic N) is 1. The van der Waals surface area contributed by atoms with Crippen LogP contribution in [0.1, 0.15) is 11.5 Å². The van der Waals surface area contributed by atoms with Gasteiger partial charge in [0.05, 0.1) is 20.7 Å². The van der Waals surface area contributed by atoms with E-state index in [0.29, 0.717) is 16.5 Å². The maximum absolute atomic E-state index is 11.7. The summed E-state index contributed by atoms with van der Waals surface area (Å²) in [6.45, 7) is 1.49. The van der Waals surface area contributed by atoms with Gasteiger partial charge in [0.15, 0.2) is 12.4 Å². The van der Waals surface area contributed by atoms with Gasteiger partial charge in [0.1, 0.15) is 11.5 Å². The second kappa shape index (κ2) is 8.06. The van der Waals surface area contributed by atoms with Crippen molar-refractivity contribution in [3.63, 3.8) is 0 Å². The molecule has 0 saturated heterocycles. The van der Waals surface area contributed by atoms with Crippen molar-refractivity contribution in [3.05, 3.63) is 49.3 Å². The molecule has 0 aliphatic rings. The summed E-state index contributed by atoms with van der Waals surface area (Å²) < 4.78 is 11.4. The number of furan rings is 1. The fourth-order valence-corrected chi connectivity index (χ4v) is 2.78. The zero-order valence-corrected chi connectivity index (χ0v) is 15.6. The van der Waals surface area contributed by atoms with Crippen LogP contribution in [0.3, 0.4) is 0 Å². The van der Waals surface area contributed by atoms with E-state index in [0.717, 1.165) is 4.47 Å². The fraction of sp³-hybridized carbons (Fsp3) is 0.143. The van der Waals surface area contributed by atoms with E-state index >= 15 is 0 Å². The highest BCUT2D eigenvalue weighted by molar-refractivity contribution is 9.10. The topological polar surface area (TPSA) is 63.8 Å². The maximum atomic E-state index is 11.7. The number of hydrazone groups is 1. The summed E-state index contributed by atoms with van der Waals surface area (Å²) >= 11 is 21.0. The van der Waals surface area contributed by atoms with Crippen LogP contribution in [0.2, 0.25) is 15.1 Å². The molecule has 0 atom stereocenters. The van der Waals surface area contributed by atoms with E-state index in [1.165, 1.54) is 18.3 Å². The van der Waals surface area contributed by atoms with Gasteiger partial charge in [0.2, 0.25) is 0 Å². The van der Waals surface area contributed by atoms with Crippen LogP contribution >= 0.6 is 50.7 Å². The lowest BCUT2D eigenvalue weighted by Crippen LogP contribution is -2.24. The van der Waals surface area contributed by atoms with E-state index in [4.69, 9.17) is 44.0 Å². The van der Waals surface area contributed by atoms with Crippen molar-refractivity contribution >= 4 is 62.9 Å². The van der Waals surface area contributed by atoms with Crippen molar-refractivity contribution in [1.29, 1.82) is 0 Å². The number of aryl methyl sites for hydroxylation is 1. The minimum absolute atomic E-state index is 0.183. The molecule has 5 nitrogen and oxygen atoms in total. The third-order valence-electron chi connectivity index (χ3n) is 2.57. The molecule has 0 fully saturated rings. The van der Waals surface area contributed by atoms with E-state index < -0.39 is 5.91 Å². The number of ether oxygens (including phenoxy) is 1. The van der Waals surface area contributed by atoms with Gasteiger partial charge < -0.3 is 9.15 Å². The monoisotopic (exact) mass is 438 g/mol. The summed E-state index contributed by atoms with van der Waals surface area (Å²) in [5.74, 6) is 0.917. The number of nitrogens with one attached hydrogen (secondary N) is 1. The lowest BCUT2D eigenvalue weighted by Gasteiger charge is -2.09. The molecule has 0 unspecified atom stereocenters. The van der Waals surface area contributed by atoms with E-state index in [-0.39, 0.29) is 22.4 Å². The van der Waals surface area contributed by atoms with Crippen molar-refractivity contribution in [2.24, 2.45) is 5.10 Å². The van der Waals surface area contributed by atoms with Crippen LogP contribution in [0.5, 0.6) is 5.75 Å². The Kier molecular flexibility index (Phi) is 6.35. The van der Waals surface area contributed by atoms with Gasteiger partial charge in [0, 0.05) is 11.1 Å². The van der Waals surface area contributed by atoms with Crippen molar-refractivity contribution in [3.8, 4) is 5.75 Å². The van der Waals surface area contributed by atoms with Gasteiger partial charge in [-0.25, -0.2) is 5.43 Å². The average molecular weight is 441 g/mol. The Balaban J connectivity index is 1.88. The summed E-state index contributed by atoms with van der Waals surface area (Å²) in [6, 6.07) is 4.67. The Morgan fingerprint density at radius 3 is 2.57 bits per heavy atom. The summed E-state index contributed by atoms with van der Waals surface area (Å²) in [4.78, 5) is 11.7. The number of carbonyl (C=O) groups is 1. The van der Waals surface area contributed by atoms with Gasteiger partial charge >= 0.3 is 0 Å². The predicted molar refractivity (Wildman–Crippen MR) is 93.8 cm³/mol. The van der Waals surface area contributed by atoms with Crippen molar-refractivity contribution in [2.45, 2.75) is 6.92 Å². The number of hydrogen-bond donors (Lipinski definition) is 1. The Labute approximate surface area is 155 Å². The second-order valence-corrected chi connectivity index (χ2v) is 6.44. The van der Waals surface area contributed by atoms with Crippen LogP contribution in [0.4, 0.5) is 0 Å². The zero-order chi connectivity index (χ0) is 17.0. The Bertz CT molecular complexity index is 719. The average Bonchev–Trinajstić information content (AvgIpc) is 2.76. The Morgan fingerprint density at radius 1 is 1.35 bits per heavy atom. The van der Waals surface area contributed by atoms with Crippen molar-refractivity contribution in [2.75, 3.05) is 6.61 Å². The number of halogens is 4. The first-order chi connectivity index (χ1) is 10.9. The molecule has 0 aliphatic heterocycles. The molecule has 0 spiro atoms. The maximum Gasteiger partial charge on any atom is 0.277 e. The molecule has 0 radical (unpaired) electrons. The van der Waals surface area contributed by atoms with Crippen LogP contribution in [-0.2, 0) is 4.79 Å². The van der Waals surface area contributed by atoms with Crippen LogP contribution in [0.25, 0.3) is 0 Å². The number of amides is 1.